The van der Waals surface area contributed by atoms with E-state index < -0.39 is 9.84 Å². The maximum Gasteiger partial charge on any atom is 0.178 e. The van der Waals surface area contributed by atoms with Crippen molar-refractivity contribution in [2.75, 3.05) is 5.75 Å². The van der Waals surface area contributed by atoms with Gasteiger partial charge in [0.25, 0.3) is 0 Å². The first-order valence-corrected chi connectivity index (χ1v) is 10.6. The molecule has 4 nitrogen and oxygen atoms in total. The molecule has 0 atom stereocenters. The van der Waals surface area contributed by atoms with E-state index in [-0.39, 0.29) is 17.8 Å². The zero-order chi connectivity index (χ0) is 18.7. The lowest BCUT2D eigenvalue weighted by atomic mass is 9.89. The molecule has 0 amide bonds. The van der Waals surface area contributed by atoms with E-state index in [0.717, 1.165) is 24.0 Å². The van der Waals surface area contributed by atoms with Crippen molar-refractivity contribution in [2.45, 2.75) is 36.7 Å². The number of benzene rings is 2. The molecule has 0 heterocycles. The van der Waals surface area contributed by atoms with E-state index in [1.54, 1.807) is 42.5 Å². The van der Waals surface area contributed by atoms with Crippen LogP contribution in [0.1, 0.15) is 31.2 Å². The summed E-state index contributed by atoms with van der Waals surface area (Å²) in [5.41, 5.74) is 2.05. The second kappa shape index (κ2) is 7.79. The summed E-state index contributed by atoms with van der Waals surface area (Å²) >= 11 is 6.22. The highest BCUT2D eigenvalue weighted by molar-refractivity contribution is 7.91. The molecule has 0 radical (unpaired) electrons. The third kappa shape index (κ3) is 4.27. The summed E-state index contributed by atoms with van der Waals surface area (Å²) in [6.45, 7) is 0. The molecule has 0 unspecified atom stereocenters. The Hall–Kier alpha value is -1.87. The van der Waals surface area contributed by atoms with Gasteiger partial charge in [-0.25, -0.2) is 8.42 Å². The first-order valence-electron chi connectivity index (χ1n) is 8.60. The molecule has 1 N–H and O–H groups in total. The Morgan fingerprint density at radius 1 is 1.08 bits per heavy atom. The highest BCUT2D eigenvalue weighted by atomic mass is 35.5. The van der Waals surface area contributed by atoms with E-state index in [0.29, 0.717) is 28.3 Å². The molecule has 1 aliphatic rings. The number of aliphatic hydroxyl groups is 1. The van der Waals surface area contributed by atoms with Crippen LogP contribution in [-0.2, 0) is 9.84 Å². The number of aliphatic hydroxyl groups excluding tert-OH is 1. The van der Waals surface area contributed by atoms with E-state index in [1.165, 1.54) is 0 Å². The fraction of sp³-hybridized carbons (Fsp3) is 0.350. The molecule has 2 aromatic rings. The summed E-state index contributed by atoms with van der Waals surface area (Å²) in [5.74, 6) is 0.229. The molecule has 1 saturated carbocycles. The highest BCUT2D eigenvalue weighted by Gasteiger charge is 2.25. The van der Waals surface area contributed by atoms with Crippen molar-refractivity contribution in [1.82, 2.24) is 0 Å². The third-order valence-electron chi connectivity index (χ3n) is 4.89. The van der Waals surface area contributed by atoms with Crippen molar-refractivity contribution in [3.8, 4) is 17.2 Å². The monoisotopic (exact) mass is 389 g/mol. The molecule has 2 aromatic carbocycles. The molecule has 136 valence electrons. The van der Waals surface area contributed by atoms with Gasteiger partial charge in [0.1, 0.15) is 0 Å². The van der Waals surface area contributed by atoms with Gasteiger partial charge in [0.2, 0.25) is 0 Å². The Bertz CT molecular complexity index is 925. The first-order chi connectivity index (χ1) is 12.4. The summed E-state index contributed by atoms with van der Waals surface area (Å²) in [7, 11) is -3.35. The summed E-state index contributed by atoms with van der Waals surface area (Å²) < 4.78 is 25.3. The van der Waals surface area contributed by atoms with Crippen LogP contribution in [0, 0.1) is 17.2 Å². The lowest BCUT2D eigenvalue weighted by Crippen LogP contribution is -2.24. The summed E-state index contributed by atoms with van der Waals surface area (Å²) in [6, 6.07) is 13.8. The molecule has 3 rings (SSSR count). The van der Waals surface area contributed by atoms with Crippen LogP contribution in [0.2, 0.25) is 5.02 Å². The van der Waals surface area contributed by atoms with Crippen LogP contribution in [-0.4, -0.2) is 25.4 Å². The normalized spacial score (nSPS) is 20.5. The van der Waals surface area contributed by atoms with Gasteiger partial charge in [-0.2, -0.15) is 5.26 Å². The van der Waals surface area contributed by atoms with E-state index in [2.05, 4.69) is 0 Å². The molecule has 0 saturated heterocycles. The van der Waals surface area contributed by atoms with Crippen LogP contribution in [0.15, 0.2) is 47.4 Å². The summed E-state index contributed by atoms with van der Waals surface area (Å²) in [6.07, 6.45) is 2.57. The Morgan fingerprint density at radius 3 is 2.31 bits per heavy atom. The molecule has 26 heavy (non-hydrogen) atoms. The average molecular weight is 390 g/mol. The average Bonchev–Trinajstić information content (AvgIpc) is 2.63. The lowest BCUT2D eigenvalue weighted by Gasteiger charge is -2.25. The van der Waals surface area contributed by atoms with Crippen LogP contribution < -0.4 is 0 Å². The van der Waals surface area contributed by atoms with Crippen molar-refractivity contribution in [3.63, 3.8) is 0 Å². The minimum atomic E-state index is -3.35. The van der Waals surface area contributed by atoms with Crippen LogP contribution in [0.5, 0.6) is 0 Å². The summed E-state index contributed by atoms with van der Waals surface area (Å²) in [5, 5.41) is 18.9. The van der Waals surface area contributed by atoms with E-state index in [9.17, 15) is 13.5 Å². The number of halogens is 1. The van der Waals surface area contributed by atoms with Gasteiger partial charge in [-0.3, -0.25) is 0 Å². The van der Waals surface area contributed by atoms with Gasteiger partial charge in [-0.05, 0) is 61.4 Å². The van der Waals surface area contributed by atoms with E-state index in [1.807, 2.05) is 6.07 Å². The van der Waals surface area contributed by atoms with Crippen molar-refractivity contribution in [3.05, 3.63) is 53.1 Å². The summed E-state index contributed by atoms with van der Waals surface area (Å²) in [4.78, 5) is 0.303. The number of rotatable bonds is 4. The minimum Gasteiger partial charge on any atom is -0.393 e. The van der Waals surface area contributed by atoms with Crippen molar-refractivity contribution < 1.29 is 13.5 Å². The van der Waals surface area contributed by atoms with E-state index >= 15 is 0 Å². The maximum absolute atomic E-state index is 12.7. The molecular formula is C20H20ClNO3S. The Labute approximate surface area is 159 Å². The number of sulfone groups is 1. The van der Waals surface area contributed by atoms with Crippen LogP contribution >= 0.6 is 11.6 Å². The number of nitrogens with zero attached hydrogens (tertiary/aromatic N) is 1. The molecule has 1 fully saturated rings. The second-order valence-corrected chi connectivity index (χ2v) is 9.23. The van der Waals surface area contributed by atoms with Gasteiger partial charge in [-0.1, -0.05) is 29.8 Å². The van der Waals surface area contributed by atoms with E-state index in [4.69, 9.17) is 16.9 Å². The topological polar surface area (TPSA) is 78.2 Å². The zero-order valence-electron chi connectivity index (χ0n) is 14.2. The van der Waals surface area contributed by atoms with Gasteiger partial charge in [-0.15, -0.1) is 0 Å². The fourth-order valence-corrected chi connectivity index (χ4v) is 5.37. The molecule has 1 aliphatic carbocycles. The Balaban J connectivity index is 1.77. The minimum absolute atomic E-state index is 0.107. The second-order valence-electron chi connectivity index (χ2n) is 6.79. The Morgan fingerprint density at radius 2 is 1.73 bits per heavy atom. The van der Waals surface area contributed by atoms with Gasteiger partial charge in [0.15, 0.2) is 9.84 Å². The number of nitriles is 1. The lowest BCUT2D eigenvalue weighted by molar-refractivity contribution is 0.113. The van der Waals surface area contributed by atoms with Crippen molar-refractivity contribution in [1.29, 1.82) is 5.26 Å². The van der Waals surface area contributed by atoms with Crippen molar-refractivity contribution in [2.24, 2.45) is 5.92 Å². The maximum atomic E-state index is 12.7. The molecule has 0 bridgehead atoms. The molecule has 6 heteroatoms. The van der Waals surface area contributed by atoms with Gasteiger partial charge >= 0.3 is 0 Å². The first kappa shape index (κ1) is 18.9. The fourth-order valence-electron chi connectivity index (χ4n) is 3.38. The van der Waals surface area contributed by atoms with Gasteiger partial charge < -0.3 is 5.11 Å². The largest absolute Gasteiger partial charge is 0.393 e. The van der Waals surface area contributed by atoms with Crippen LogP contribution in [0.4, 0.5) is 0 Å². The molecule has 0 aliphatic heterocycles. The predicted molar refractivity (Wildman–Crippen MR) is 102 cm³/mol. The smallest absolute Gasteiger partial charge is 0.178 e. The highest BCUT2D eigenvalue weighted by Crippen LogP contribution is 2.31. The number of hydrogen-bond acceptors (Lipinski definition) is 4. The van der Waals surface area contributed by atoms with Crippen LogP contribution in [0.3, 0.4) is 0 Å². The van der Waals surface area contributed by atoms with Crippen LogP contribution in [0.25, 0.3) is 11.1 Å². The quantitative estimate of drug-likeness (QED) is 0.849. The van der Waals surface area contributed by atoms with Crippen molar-refractivity contribution >= 4 is 21.4 Å². The van der Waals surface area contributed by atoms with Gasteiger partial charge in [0.05, 0.1) is 28.4 Å². The van der Waals surface area contributed by atoms with Gasteiger partial charge in [0, 0.05) is 10.6 Å². The molecule has 0 spiro atoms. The zero-order valence-corrected chi connectivity index (χ0v) is 15.8. The molecule has 0 aromatic heterocycles. The molecular weight excluding hydrogens is 370 g/mol. The Kier molecular flexibility index (Phi) is 5.67. The SMILES string of the molecule is N#Cc1ccc(-c2ccc(S(=O)(=O)CC3CCC(O)CC3)cc2)c(Cl)c1. The predicted octanol–water partition coefficient (Wildman–Crippen LogP) is 4.20. The number of hydrogen-bond donors (Lipinski definition) is 1. The standard InChI is InChI=1S/C20H20ClNO3S/c21-20-11-15(12-22)3-10-19(20)16-4-8-18(9-5-16)26(24,25)13-14-1-6-17(23)7-2-14/h3-5,8-11,14,17,23H,1-2,6-7,13H2. The third-order valence-corrected chi connectivity index (χ3v) is 7.11.